The van der Waals surface area contributed by atoms with Gasteiger partial charge in [-0.15, -0.1) is 0 Å². The van der Waals surface area contributed by atoms with Crippen molar-refractivity contribution in [3.05, 3.63) is 24.3 Å². The van der Waals surface area contributed by atoms with E-state index in [1.807, 2.05) is 6.92 Å². The molecule has 1 aromatic carbocycles. The van der Waals surface area contributed by atoms with Crippen molar-refractivity contribution >= 4 is 35.0 Å². The number of benzene rings is 1. The van der Waals surface area contributed by atoms with E-state index < -0.39 is 6.04 Å². The molecular weight excluding hydrogens is 382 g/mol. The normalized spacial score (nSPS) is 20.2. The minimum Gasteiger partial charge on any atom is -0.327 e. The average Bonchev–Trinajstić information content (AvgIpc) is 2.88. The summed E-state index contributed by atoms with van der Waals surface area (Å²) in [7, 11) is 0. The summed E-state index contributed by atoms with van der Waals surface area (Å²) in [4.78, 5) is 53.2. The van der Waals surface area contributed by atoms with Crippen LogP contribution < -0.4 is 10.2 Å². The van der Waals surface area contributed by atoms with E-state index in [4.69, 9.17) is 0 Å². The molecule has 1 saturated heterocycles. The molecule has 1 aliphatic heterocycles. The summed E-state index contributed by atoms with van der Waals surface area (Å²) in [6.07, 6.45) is 7.29. The third-order valence-corrected chi connectivity index (χ3v) is 5.87. The van der Waals surface area contributed by atoms with Crippen molar-refractivity contribution < 1.29 is 19.2 Å². The first kappa shape index (κ1) is 22.0. The smallest absolute Gasteiger partial charge is 0.257 e. The zero-order valence-electron chi connectivity index (χ0n) is 17.9. The van der Waals surface area contributed by atoms with E-state index >= 15 is 0 Å². The van der Waals surface area contributed by atoms with Crippen LogP contribution in [-0.2, 0) is 19.2 Å². The highest BCUT2D eigenvalue weighted by Gasteiger charge is 2.46. The van der Waals surface area contributed by atoms with Gasteiger partial charge in [0, 0.05) is 25.1 Å². The standard InChI is InChI=1S/C23H31N3O4/c1-3-8-21(28)25(18-9-6-4-5-7-10-18)20-15-22(29)26(23(20)30)19-13-11-17(12-14-19)24-16(2)27/h11-14,18,20H,3-10,15H2,1-2H3,(H,24,27). The average molecular weight is 414 g/mol. The Kier molecular flexibility index (Phi) is 7.24. The van der Waals surface area contributed by atoms with Gasteiger partial charge in [0.05, 0.1) is 12.1 Å². The molecule has 1 aliphatic carbocycles. The lowest BCUT2D eigenvalue weighted by molar-refractivity contribution is -0.141. The second-order valence-electron chi connectivity index (χ2n) is 8.21. The van der Waals surface area contributed by atoms with E-state index in [2.05, 4.69) is 5.32 Å². The maximum absolute atomic E-state index is 13.3. The fourth-order valence-electron chi connectivity index (χ4n) is 4.51. The zero-order chi connectivity index (χ0) is 21.7. The van der Waals surface area contributed by atoms with Crippen LogP contribution in [0.2, 0.25) is 0 Å². The van der Waals surface area contributed by atoms with E-state index in [0.717, 1.165) is 38.5 Å². The van der Waals surface area contributed by atoms with Crippen LogP contribution in [0.1, 0.15) is 71.6 Å². The Morgan fingerprint density at radius 3 is 2.27 bits per heavy atom. The molecule has 3 rings (SSSR count). The van der Waals surface area contributed by atoms with Crippen LogP contribution in [0.15, 0.2) is 24.3 Å². The molecule has 30 heavy (non-hydrogen) atoms. The molecule has 162 valence electrons. The monoisotopic (exact) mass is 413 g/mol. The predicted molar refractivity (Wildman–Crippen MR) is 115 cm³/mol. The summed E-state index contributed by atoms with van der Waals surface area (Å²) in [5, 5.41) is 2.67. The lowest BCUT2D eigenvalue weighted by Gasteiger charge is -2.35. The van der Waals surface area contributed by atoms with Gasteiger partial charge in [-0.2, -0.15) is 0 Å². The fourth-order valence-corrected chi connectivity index (χ4v) is 4.51. The fraction of sp³-hybridized carbons (Fsp3) is 0.565. The van der Waals surface area contributed by atoms with Gasteiger partial charge in [-0.3, -0.25) is 19.2 Å². The van der Waals surface area contributed by atoms with E-state index in [9.17, 15) is 19.2 Å². The highest BCUT2D eigenvalue weighted by atomic mass is 16.2. The molecule has 7 heteroatoms. The SMILES string of the molecule is CCCC(=O)N(C1CCCCCC1)C1CC(=O)N(c2ccc(NC(C)=O)cc2)C1=O. The molecule has 0 bridgehead atoms. The third-order valence-electron chi connectivity index (χ3n) is 5.87. The molecule has 4 amide bonds. The van der Waals surface area contributed by atoms with Crippen molar-refractivity contribution in [2.45, 2.75) is 83.7 Å². The Bertz CT molecular complexity index is 797. The Hall–Kier alpha value is -2.70. The van der Waals surface area contributed by atoms with E-state index in [-0.39, 0.29) is 36.1 Å². The molecule has 7 nitrogen and oxygen atoms in total. The number of anilines is 2. The van der Waals surface area contributed by atoms with Crippen molar-refractivity contribution in [2.75, 3.05) is 10.2 Å². The molecular formula is C23H31N3O4. The van der Waals surface area contributed by atoms with Crippen molar-refractivity contribution in [3.8, 4) is 0 Å². The van der Waals surface area contributed by atoms with Gasteiger partial charge in [-0.05, 0) is 43.5 Å². The topological polar surface area (TPSA) is 86.8 Å². The van der Waals surface area contributed by atoms with Crippen molar-refractivity contribution in [3.63, 3.8) is 0 Å². The number of amides is 4. The first-order valence-corrected chi connectivity index (χ1v) is 11.0. The van der Waals surface area contributed by atoms with Gasteiger partial charge in [0.25, 0.3) is 5.91 Å². The first-order chi connectivity index (χ1) is 14.4. The Balaban J connectivity index is 1.83. The molecule has 1 aromatic rings. The number of nitrogens with zero attached hydrogens (tertiary/aromatic N) is 2. The summed E-state index contributed by atoms with van der Waals surface area (Å²) in [6.45, 7) is 3.37. The Morgan fingerprint density at radius 2 is 1.70 bits per heavy atom. The van der Waals surface area contributed by atoms with Crippen LogP contribution in [0.25, 0.3) is 0 Å². The summed E-state index contributed by atoms with van der Waals surface area (Å²) in [5.74, 6) is -0.843. The zero-order valence-corrected chi connectivity index (χ0v) is 17.9. The van der Waals surface area contributed by atoms with Crippen LogP contribution in [0.3, 0.4) is 0 Å². The van der Waals surface area contributed by atoms with Crippen molar-refractivity contribution in [2.24, 2.45) is 0 Å². The maximum Gasteiger partial charge on any atom is 0.257 e. The number of carbonyl (C=O) groups excluding carboxylic acids is 4. The van der Waals surface area contributed by atoms with Gasteiger partial charge in [0.1, 0.15) is 6.04 Å². The van der Waals surface area contributed by atoms with Gasteiger partial charge >= 0.3 is 0 Å². The van der Waals surface area contributed by atoms with Gasteiger partial charge in [-0.25, -0.2) is 4.90 Å². The molecule has 1 atom stereocenters. The molecule has 0 aromatic heterocycles. The molecule has 1 saturated carbocycles. The summed E-state index contributed by atoms with van der Waals surface area (Å²) < 4.78 is 0. The van der Waals surface area contributed by atoms with Gasteiger partial charge < -0.3 is 10.2 Å². The van der Waals surface area contributed by atoms with E-state index in [1.165, 1.54) is 11.8 Å². The molecule has 0 spiro atoms. The Labute approximate surface area is 177 Å². The van der Waals surface area contributed by atoms with E-state index in [0.29, 0.717) is 24.2 Å². The summed E-state index contributed by atoms with van der Waals surface area (Å²) in [6, 6.07) is 5.91. The third kappa shape index (κ3) is 4.89. The quantitative estimate of drug-likeness (QED) is 0.570. The van der Waals surface area contributed by atoms with Gasteiger partial charge in [-0.1, -0.05) is 32.6 Å². The lowest BCUT2D eigenvalue weighted by Crippen LogP contribution is -2.50. The van der Waals surface area contributed by atoms with E-state index in [1.54, 1.807) is 29.2 Å². The van der Waals surface area contributed by atoms with Crippen LogP contribution in [0.4, 0.5) is 11.4 Å². The number of hydrogen-bond donors (Lipinski definition) is 1. The maximum atomic E-state index is 13.3. The highest BCUT2D eigenvalue weighted by molar-refractivity contribution is 6.23. The summed E-state index contributed by atoms with van der Waals surface area (Å²) in [5.41, 5.74) is 1.06. The number of carbonyl (C=O) groups is 4. The van der Waals surface area contributed by atoms with Crippen LogP contribution >= 0.6 is 0 Å². The lowest BCUT2D eigenvalue weighted by atomic mass is 10.0. The van der Waals surface area contributed by atoms with Crippen LogP contribution in [-0.4, -0.2) is 40.6 Å². The molecule has 1 unspecified atom stereocenters. The number of nitrogens with one attached hydrogen (secondary N) is 1. The number of hydrogen-bond acceptors (Lipinski definition) is 4. The van der Waals surface area contributed by atoms with Crippen LogP contribution in [0, 0.1) is 0 Å². The first-order valence-electron chi connectivity index (χ1n) is 11.0. The highest BCUT2D eigenvalue weighted by Crippen LogP contribution is 2.31. The molecule has 2 fully saturated rings. The molecule has 2 aliphatic rings. The molecule has 1 N–H and O–H groups in total. The minimum absolute atomic E-state index is 0.0235. The van der Waals surface area contributed by atoms with Crippen molar-refractivity contribution in [1.82, 2.24) is 4.90 Å². The van der Waals surface area contributed by atoms with Gasteiger partial charge in [0.2, 0.25) is 17.7 Å². The largest absolute Gasteiger partial charge is 0.327 e. The second kappa shape index (κ2) is 9.87. The minimum atomic E-state index is -0.727. The predicted octanol–water partition coefficient (Wildman–Crippen LogP) is 3.63. The molecule has 0 radical (unpaired) electrons. The number of imide groups is 1. The second-order valence-corrected chi connectivity index (χ2v) is 8.21. The number of rotatable bonds is 6. The summed E-state index contributed by atoms with van der Waals surface area (Å²) >= 11 is 0. The van der Waals surface area contributed by atoms with Crippen molar-refractivity contribution in [1.29, 1.82) is 0 Å². The van der Waals surface area contributed by atoms with Crippen LogP contribution in [0.5, 0.6) is 0 Å². The Morgan fingerprint density at radius 1 is 1.07 bits per heavy atom. The molecule has 1 heterocycles. The van der Waals surface area contributed by atoms with Gasteiger partial charge in [0.15, 0.2) is 0 Å².